The summed E-state index contributed by atoms with van der Waals surface area (Å²) in [5.41, 5.74) is 0.725. The van der Waals surface area contributed by atoms with Gasteiger partial charge < -0.3 is 5.11 Å². The lowest BCUT2D eigenvalue weighted by atomic mass is 10.1. The number of aldehydes is 2. The molecule has 0 radical (unpaired) electrons. The first-order chi connectivity index (χ1) is 6.29. The van der Waals surface area contributed by atoms with Crippen LogP contribution in [0.25, 0.3) is 6.08 Å². The van der Waals surface area contributed by atoms with Crippen molar-refractivity contribution in [3.05, 3.63) is 35.4 Å². The van der Waals surface area contributed by atoms with Crippen LogP contribution < -0.4 is 0 Å². The van der Waals surface area contributed by atoms with Crippen molar-refractivity contribution in [3.63, 3.8) is 0 Å². The number of rotatable bonds is 3. The fourth-order valence-corrected chi connectivity index (χ4v) is 0.990. The highest BCUT2D eigenvalue weighted by Crippen LogP contribution is 2.20. The van der Waals surface area contributed by atoms with Crippen molar-refractivity contribution in [2.24, 2.45) is 0 Å². The van der Waals surface area contributed by atoms with E-state index in [1.54, 1.807) is 12.1 Å². The van der Waals surface area contributed by atoms with E-state index in [4.69, 9.17) is 0 Å². The third kappa shape index (κ3) is 2.02. The van der Waals surface area contributed by atoms with Crippen LogP contribution >= 0.6 is 0 Å². The van der Waals surface area contributed by atoms with Crippen molar-refractivity contribution in [2.75, 3.05) is 0 Å². The Kier molecular flexibility index (Phi) is 2.97. The molecule has 0 spiro atoms. The zero-order valence-corrected chi connectivity index (χ0v) is 6.81. The maximum atomic E-state index is 10.5. The number of phenols is 1. The van der Waals surface area contributed by atoms with Crippen LogP contribution in [-0.4, -0.2) is 17.7 Å². The van der Waals surface area contributed by atoms with E-state index in [1.807, 2.05) is 0 Å². The number of carbonyl (C=O) groups excluding carboxylic acids is 2. The van der Waals surface area contributed by atoms with Crippen LogP contribution in [0.1, 0.15) is 15.9 Å². The second-order valence-electron chi connectivity index (χ2n) is 2.39. The summed E-state index contributed by atoms with van der Waals surface area (Å²) in [7, 11) is 0. The standard InChI is InChI=1S/C10H8O3/c11-6-2-4-9-8(7-12)3-1-5-10(9)13/h1-7,13H. The molecule has 0 bridgehead atoms. The van der Waals surface area contributed by atoms with Gasteiger partial charge in [0, 0.05) is 11.1 Å². The number of aromatic hydroxyl groups is 1. The number of hydrogen-bond donors (Lipinski definition) is 1. The summed E-state index contributed by atoms with van der Waals surface area (Å²) in [4.78, 5) is 20.5. The molecule has 0 saturated carbocycles. The van der Waals surface area contributed by atoms with Crippen LogP contribution in [0.4, 0.5) is 0 Å². The molecule has 1 N–H and O–H groups in total. The van der Waals surface area contributed by atoms with Crippen molar-refractivity contribution >= 4 is 18.6 Å². The maximum Gasteiger partial charge on any atom is 0.150 e. The number of hydrogen-bond acceptors (Lipinski definition) is 3. The predicted octanol–water partition coefficient (Wildman–Crippen LogP) is 1.42. The molecular weight excluding hydrogens is 168 g/mol. The largest absolute Gasteiger partial charge is 0.507 e. The van der Waals surface area contributed by atoms with Crippen LogP contribution in [0.5, 0.6) is 5.75 Å². The summed E-state index contributed by atoms with van der Waals surface area (Å²) in [6.07, 6.45) is 3.83. The molecule has 3 nitrogen and oxygen atoms in total. The molecule has 0 amide bonds. The summed E-state index contributed by atoms with van der Waals surface area (Å²) in [5.74, 6) is -0.0114. The van der Waals surface area contributed by atoms with Crippen molar-refractivity contribution < 1.29 is 14.7 Å². The maximum absolute atomic E-state index is 10.5. The lowest BCUT2D eigenvalue weighted by Crippen LogP contribution is -1.85. The Morgan fingerprint density at radius 3 is 2.62 bits per heavy atom. The van der Waals surface area contributed by atoms with E-state index < -0.39 is 0 Å². The molecule has 0 heterocycles. The van der Waals surface area contributed by atoms with Gasteiger partial charge in [0.2, 0.25) is 0 Å². The monoisotopic (exact) mass is 176 g/mol. The lowest BCUT2D eigenvalue weighted by molar-refractivity contribution is -0.104. The minimum Gasteiger partial charge on any atom is -0.507 e. The van der Waals surface area contributed by atoms with Gasteiger partial charge in [-0.25, -0.2) is 0 Å². The summed E-state index contributed by atoms with van der Waals surface area (Å²) in [5, 5.41) is 9.32. The van der Waals surface area contributed by atoms with Crippen molar-refractivity contribution in [1.29, 1.82) is 0 Å². The fourth-order valence-electron chi connectivity index (χ4n) is 0.990. The van der Waals surface area contributed by atoms with Gasteiger partial charge in [0.15, 0.2) is 6.29 Å². The first kappa shape index (κ1) is 9.19. The van der Waals surface area contributed by atoms with Gasteiger partial charge in [-0.05, 0) is 18.2 Å². The number of benzene rings is 1. The third-order valence-electron chi connectivity index (χ3n) is 1.59. The molecular formula is C10H8O3. The summed E-state index contributed by atoms with van der Waals surface area (Å²) >= 11 is 0. The minimum atomic E-state index is -0.0114. The Bertz CT molecular complexity index is 353. The zero-order valence-electron chi connectivity index (χ0n) is 6.81. The normalized spacial score (nSPS) is 10.2. The molecule has 0 aliphatic heterocycles. The average molecular weight is 176 g/mol. The second kappa shape index (κ2) is 4.21. The van der Waals surface area contributed by atoms with Gasteiger partial charge in [0.1, 0.15) is 12.0 Å². The Morgan fingerprint density at radius 1 is 1.23 bits per heavy atom. The Hall–Kier alpha value is -1.90. The van der Waals surface area contributed by atoms with E-state index in [0.29, 0.717) is 23.7 Å². The fraction of sp³-hybridized carbons (Fsp3) is 0. The summed E-state index contributed by atoms with van der Waals surface area (Å²) in [6.45, 7) is 0. The van der Waals surface area contributed by atoms with Gasteiger partial charge in [-0.1, -0.05) is 12.1 Å². The Balaban J connectivity index is 3.22. The molecule has 0 aliphatic carbocycles. The highest BCUT2D eigenvalue weighted by atomic mass is 16.3. The van der Waals surface area contributed by atoms with Gasteiger partial charge >= 0.3 is 0 Å². The molecule has 0 aliphatic rings. The Labute approximate surface area is 75.3 Å². The van der Waals surface area contributed by atoms with E-state index in [0.717, 1.165) is 0 Å². The van der Waals surface area contributed by atoms with E-state index in [1.165, 1.54) is 18.2 Å². The van der Waals surface area contributed by atoms with Gasteiger partial charge in [-0.3, -0.25) is 9.59 Å². The second-order valence-corrected chi connectivity index (χ2v) is 2.39. The van der Waals surface area contributed by atoms with Crippen molar-refractivity contribution in [2.45, 2.75) is 0 Å². The van der Waals surface area contributed by atoms with Crippen LogP contribution in [-0.2, 0) is 4.79 Å². The van der Waals surface area contributed by atoms with Gasteiger partial charge in [0.05, 0.1) is 0 Å². The Morgan fingerprint density at radius 2 is 2.00 bits per heavy atom. The highest BCUT2D eigenvalue weighted by molar-refractivity contribution is 5.86. The van der Waals surface area contributed by atoms with E-state index in [-0.39, 0.29) is 5.75 Å². The van der Waals surface area contributed by atoms with Crippen LogP contribution in [0, 0.1) is 0 Å². The summed E-state index contributed by atoms with van der Waals surface area (Å²) in [6, 6.07) is 4.59. The van der Waals surface area contributed by atoms with Crippen LogP contribution in [0.3, 0.4) is 0 Å². The molecule has 13 heavy (non-hydrogen) atoms. The number of carbonyl (C=O) groups is 2. The van der Waals surface area contributed by atoms with Crippen LogP contribution in [0.2, 0.25) is 0 Å². The molecule has 1 aromatic carbocycles. The molecule has 0 aromatic heterocycles. The number of phenolic OH excluding ortho intramolecular Hbond substituents is 1. The third-order valence-corrected chi connectivity index (χ3v) is 1.59. The lowest BCUT2D eigenvalue weighted by Gasteiger charge is -2.00. The molecule has 66 valence electrons. The first-order valence-corrected chi connectivity index (χ1v) is 3.68. The van der Waals surface area contributed by atoms with Crippen molar-refractivity contribution in [1.82, 2.24) is 0 Å². The summed E-state index contributed by atoms with van der Waals surface area (Å²) < 4.78 is 0. The molecule has 0 fully saturated rings. The zero-order chi connectivity index (χ0) is 9.68. The quantitative estimate of drug-likeness (QED) is 0.559. The molecule has 0 atom stereocenters. The predicted molar refractivity (Wildman–Crippen MR) is 48.6 cm³/mol. The van der Waals surface area contributed by atoms with Gasteiger partial charge in [-0.2, -0.15) is 0 Å². The van der Waals surface area contributed by atoms with Crippen LogP contribution in [0.15, 0.2) is 24.3 Å². The average Bonchev–Trinajstić information content (AvgIpc) is 2.15. The SMILES string of the molecule is O=CC=Cc1c(O)cccc1C=O. The van der Waals surface area contributed by atoms with E-state index >= 15 is 0 Å². The first-order valence-electron chi connectivity index (χ1n) is 3.68. The highest BCUT2D eigenvalue weighted by Gasteiger charge is 2.02. The number of allylic oxidation sites excluding steroid dienone is 1. The topological polar surface area (TPSA) is 54.4 Å². The van der Waals surface area contributed by atoms with Crippen molar-refractivity contribution in [3.8, 4) is 5.75 Å². The van der Waals surface area contributed by atoms with Gasteiger partial charge in [0.25, 0.3) is 0 Å². The molecule has 0 saturated heterocycles. The molecule has 0 unspecified atom stereocenters. The van der Waals surface area contributed by atoms with Gasteiger partial charge in [-0.15, -0.1) is 0 Å². The van der Waals surface area contributed by atoms with E-state index in [9.17, 15) is 14.7 Å². The minimum absolute atomic E-state index is 0.0114. The smallest absolute Gasteiger partial charge is 0.150 e. The molecule has 3 heteroatoms. The molecule has 1 rings (SSSR count). The molecule has 1 aromatic rings. The van der Waals surface area contributed by atoms with E-state index in [2.05, 4.69) is 0 Å².